The summed E-state index contributed by atoms with van der Waals surface area (Å²) < 4.78 is 4.62. The van der Waals surface area contributed by atoms with Crippen LogP contribution in [-0.2, 0) is 11.3 Å². The van der Waals surface area contributed by atoms with Crippen molar-refractivity contribution in [2.75, 3.05) is 7.11 Å². The number of benzene rings is 2. The minimum absolute atomic E-state index is 0.0178. The number of amides is 2. The normalized spacial score (nSPS) is 12.9. The maximum absolute atomic E-state index is 12.9. The number of methoxy groups -OCH3 is 1. The topological polar surface area (TPSA) is 123 Å². The van der Waals surface area contributed by atoms with E-state index in [9.17, 15) is 24.5 Å². The quantitative estimate of drug-likeness (QED) is 0.323. The third kappa shape index (κ3) is 2.60. The largest absolute Gasteiger partial charge is 0.464 e. The average Bonchev–Trinajstić information content (AvgIpc) is 3.27. The van der Waals surface area contributed by atoms with E-state index in [1.54, 1.807) is 24.3 Å². The van der Waals surface area contributed by atoms with E-state index in [1.165, 1.54) is 19.2 Å². The first-order chi connectivity index (χ1) is 13.4. The zero-order valence-electron chi connectivity index (χ0n) is 14.6. The number of nitrogens with one attached hydrogen (secondary N) is 1. The Bertz CT molecular complexity index is 1180. The fraction of sp³-hybridized carbons (Fsp3) is 0.105. The number of carbonyl (C=O) groups is 3. The highest BCUT2D eigenvalue weighted by atomic mass is 16.6. The molecular weight excluding hydrogens is 366 g/mol. The molecule has 1 N–H and O–H groups in total. The standard InChI is InChI=1S/C19H13N3O6/c1-28-19(25)14-7-11-6-12(8-15(22(26)27)16(11)20-14)17(23)21-9-10-4-2-3-5-13(10)18(21)24/h2-8,20H,9H2,1H3. The van der Waals surface area contributed by atoms with Gasteiger partial charge in [0.1, 0.15) is 11.2 Å². The van der Waals surface area contributed by atoms with Gasteiger partial charge in [-0.15, -0.1) is 0 Å². The van der Waals surface area contributed by atoms with Crippen LogP contribution in [0.1, 0.15) is 36.8 Å². The number of hydrogen-bond acceptors (Lipinski definition) is 6. The second-order valence-electron chi connectivity index (χ2n) is 6.24. The van der Waals surface area contributed by atoms with E-state index >= 15 is 0 Å². The number of non-ortho nitro benzene ring substituents is 1. The fourth-order valence-corrected chi connectivity index (χ4v) is 3.29. The first kappa shape index (κ1) is 17.4. The molecule has 0 radical (unpaired) electrons. The van der Waals surface area contributed by atoms with Crippen molar-refractivity contribution in [3.8, 4) is 0 Å². The van der Waals surface area contributed by atoms with Crippen molar-refractivity contribution in [3.05, 3.63) is 75.0 Å². The number of ether oxygens (including phenoxy) is 1. The first-order valence-electron chi connectivity index (χ1n) is 8.24. The van der Waals surface area contributed by atoms with E-state index in [-0.39, 0.29) is 29.0 Å². The molecule has 4 rings (SSSR count). The number of carbonyl (C=O) groups excluding carboxylic acids is 3. The predicted octanol–water partition coefficient (Wildman–Crippen LogP) is 2.66. The summed E-state index contributed by atoms with van der Waals surface area (Å²) in [6.07, 6.45) is 0. The Kier molecular flexibility index (Phi) is 3.92. The van der Waals surface area contributed by atoms with Crippen LogP contribution in [0.15, 0.2) is 42.5 Å². The van der Waals surface area contributed by atoms with Gasteiger partial charge in [-0.3, -0.25) is 24.6 Å². The van der Waals surface area contributed by atoms with Gasteiger partial charge < -0.3 is 9.72 Å². The number of aromatic amines is 1. The van der Waals surface area contributed by atoms with E-state index in [1.807, 2.05) is 0 Å². The van der Waals surface area contributed by atoms with E-state index in [4.69, 9.17) is 0 Å². The number of imide groups is 1. The SMILES string of the molecule is COC(=O)c1cc2cc(C(=O)N3Cc4ccccc4C3=O)cc([N+](=O)[O-])c2[nH]1. The summed E-state index contributed by atoms with van der Waals surface area (Å²) in [5, 5.41) is 11.8. The molecule has 0 atom stereocenters. The van der Waals surface area contributed by atoms with Crippen molar-refractivity contribution < 1.29 is 24.0 Å². The van der Waals surface area contributed by atoms with Crippen molar-refractivity contribution in [2.45, 2.75) is 6.54 Å². The number of nitro groups is 1. The summed E-state index contributed by atoms with van der Waals surface area (Å²) in [5.41, 5.74) is 0.871. The molecule has 9 nitrogen and oxygen atoms in total. The lowest BCUT2D eigenvalue weighted by molar-refractivity contribution is -0.383. The Labute approximate surface area is 157 Å². The minimum Gasteiger partial charge on any atom is -0.464 e. The average molecular weight is 379 g/mol. The molecule has 2 aromatic carbocycles. The number of nitro benzene ring substituents is 1. The van der Waals surface area contributed by atoms with Gasteiger partial charge in [0.2, 0.25) is 0 Å². The molecule has 140 valence electrons. The van der Waals surface area contributed by atoms with E-state index < -0.39 is 22.7 Å². The molecule has 28 heavy (non-hydrogen) atoms. The number of esters is 1. The molecule has 0 saturated carbocycles. The van der Waals surface area contributed by atoms with Crippen LogP contribution in [0.5, 0.6) is 0 Å². The Morgan fingerprint density at radius 3 is 2.64 bits per heavy atom. The monoisotopic (exact) mass is 379 g/mol. The lowest BCUT2D eigenvalue weighted by Crippen LogP contribution is -2.31. The van der Waals surface area contributed by atoms with Gasteiger partial charge in [-0.1, -0.05) is 18.2 Å². The van der Waals surface area contributed by atoms with Crippen molar-refractivity contribution in [1.29, 1.82) is 0 Å². The molecule has 3 aromatic rings. The van der Waals surface area contributed by atoms with Gasteiger partial charge in [-0.25, -0.2) is 4.79 Å². The van der Waals surface area contributed by atoms with Crippen LogP contribution in [0.4, 0.5) is 5.69 Å². The Balaban J connectivity index is 1.79. The van der Waals surface area contributed by atoms with Gasteiger partial charge in [-0.2, -0.15) is 0 Å². The van der Waals surface area contributed by atoms with E-state index in [0.717, 1.165) is 11.0 Å². The fourth-order valence-electron chi connectivity index (χ4n) is 3.29. The predicted molar refractivity (Wildman–Crippen MR) is 96.9 cm³/mol. The van der Waals surface area contributed by atoms with Crippen molar-refractivity contribution in [1.82, 2.24) is 9.88 Å². The second kappa shape index (κ2) is 6.31. The molecule has 1 aromatic heterocycles. The lowest BCUT2D eigenvalue weighted by atomic mass is 10.1. The van der Waals surface area contributed by atoms with Crippen LogP contribution >= 0.6 is 0 Å². The summed E-state index contributed by atoms with van der Waals surface area (Å²) in [6.45, 7) is 0.0974. The number of hydrogen-bond donors (Lipinski definition) is 1. The van der Waals surface area contributed by atoms with Crippen molar-refractivity contribution in [3.63, 3.8) is 0 Å². The van der Waals surface area contributed by atoms with Crippen LogP contribution < -0.4 is 0 Å². The third-order valence-corrected chi connectivity index (χ3v) is 4.62. The molecule has 1 aliphatic rings. The Morgan fingerprint density at radius 2 is 1.96 bits per heavy atom. The molecular formula is C19H13N3O6. The summed E-state index contributed by atoms with van der Waals surface area (Å²) in [6, 6.07) is 10.7. The number of aromatic nitrogens is 1. The van der Waals surface area contributed by atoms with Gasteiger partial charge in [0, 0.05) is 22.6 Å². The Hall–Kier alpha value is -4.01. The minimum atomic E-state index is -0.691. The van der Waals surface area contributed by atoms with Crippen LogP contribution in [0.25, 0.3) is 10.9 Å². The highest BCUT2D eigenvalue weighted by Crippen LogP contribution is 2.30. The molecule has 0 fully saturated rings. The zero-order valence-corrected chi connectivity index (χ0v) is 14.6. The summed E-state index contributed by atoms with van der Waals surface area (Å²) in [4.78, 5) is 51.7. The smallest absolute Gasteiger partial charge is 0.354 e. The lowest BCUT2D eigenvalue weighted by Gasteiger charge is -2.13. The summed E-state index contributed by atoms with van der Waals surface area (Å²) in [5.74, 6) is -1.79. The third-order valence-electron chi connectivity index (χ3n) is 4.62. The van der Waals surface area contributed by atoms with Gasteiger partial charge >= 0.3 is 5.97 Å². The number of H-pyrrole nitrogens is 1. The molecule has 2 heterocycles. The van der Waals surface area contributed by atoms with Crippen molar-refractivity contribution >= 4 is 34.4 Å². The van der Waals surface area contributed by atoms with Gasteiger partial charge in [0.15, 0.2) is 0 Å². The van der Waals surface area contributed by atoms with Crippen molar-refractivity contribution in [2.24, 2.45) is 0 Å². The van der Waals surface area contributed by atoms with Crippen LogP contribution in [-0.4, -0.2) is 39.7 Å². The molecule has 0 aliphatic carbocycles. The highest BCUT2D eigenvalue weighted by Gasteiger charge is 2.33. The molecule has 1 aliphatic heterocycles. The summed E-state index contributed by atoms with van der Waals surface area (Å²) >= 11 is 0. The van der Waals surface area contributed by atoms with Crippen LogP contribution in [0.2, 0.25) is 0 Å². The molecule has 0 unspecified atom stereocenters. The second-order valence-corrected chi connectivity index (χ2v) is 6.24. The maximum atomic E-state index is 12.9. The van der Waals surface area contributed by atoms with E-state index in [2.05, 4.69) is 9.72 Å². The molecule has 9 heteroatoms. The number of rotatable bonds is 3. The molecule has 2 amide bonds. The highest BCUT2D eigenvalue weighted by molar-refractivity contribution is 6.14. The zero-order chi connectivity index (χ0) is 20.0. The molecule has 0 saturated heterocycles. The van der Waals surface area contributed by atoms with Gasteiger partial charge in [0.25, 0.3) is 17.5 Å². The van der Waals surface area contributed by atoms with Gasteiger partial charge in [0.05, 0.1) is 18.6 Å². The summed E-state index contributed by atoms with van der Waals surface area (Å²) in [7, 11) is 1.19. The first-order valence-corrected chi connectivity index (χ1v) is 8.24. The molecule has 0 spiro atoms. The van der Waals surface area contributed by atoms with Crippen LogP contribution in [0, 0.1) is 10.1 Å². The Morgan fingerprint density at radius 1 is 1.21 bits per heavy atom. The van der Waals surface area contributed by atoms with Gasteiger partial charge in [-0.05, 0) is 23.8 Å². The van der Waals surface area contributed by atoms with E-state index in [0.29, 0.717) is 16.5 Å². The van der Waals surface area contributed by atoms with Crippen LogP contribution in [0.3, 0.4) is 0 Å². The number of nitrogens with zero attached hydrogens (tertiary/aromatic N) is 2. The maximum Gasteiger partial charge on any atom is 0.354 e. The number of fused-ring (bicyclic) bond motifs is 2. The molecule has 0 bridgehead atoms.